The zero-order valence-electron chi connectivity index (χ0n) is 12.7. The number of aromatic nitrogens is 1. The predicted octanol–water partition coefficient (Wildman–Crippen LogP) is 1.31. The Morgan fingerprint density at radius 1 is 1.29 bits per heavy atom. The Balaban J connectivity index is 2.98. The van der Waals surface area contributed by atoms with Gasteiger partial charge in [-0.1, -0.05) is 25.2 Å². The van der Waals surface area contributed by atoms with E-state index in [1.54, 1.807) is 20.9 Å². The monoisotopic (exact) mass is 313 g/mol. The number of rotatable bonds is 5. The Kier molecular flexibility index (Phi) is 5.42. The van der Waals surface area contributed by atoms with Gasteiger partial charge in [-0.2, -0.15) is 0 Å². The van der Waals surface area contributed by atoms with Crippen LogP contribution in [0.2, 0.25) is 0 Å². The van der Waals surface area contributed by atoms with Crippen LogP contribution in [-0.2, 0) is 9.59 Å². The molecular weight excluding hydrogens is 294 g/mol. The van der Waals surface area contributed by atoms with E-state index in [4.69, 9.17) is 0 Å². The first-order valence-electron chi connectivity index (χ1n) is 6.36. The Bertz CT molecular complexity index is 555. The first kappa shape index (κ1) is 17.1. The van der Waals surface area contributed by atoms with Crippen molar-refractivity contribution in [1.82, 2.24) is 9.88 Å². The third-order valence-electron chi connectivity index (χ3n) is 3.10. The Morgan fingerprint density at radius 2 is 1.86 bits per heavy atom. The number of nitrogens with zero attached hydrogens (tertiary/aromatic N) is 3. The lowest BCUT2D eigenvalue weighted by Gasteiger charge is -2.26. The second kappa shape index (κ2) is 6.66. The van der Waals surface area contributed by atoms with Crippen molar-refractivity contribution in [2.75, 3.05) is 19.0 Å². The van der Waals surface area contributed by atoms with Crippen LogP contribution in [0.5, 0.6) is 0 Å². The Labute approximate surface area is 127 Å². The molecule has 1 atom stereocenters. The standard InChI is InChI=1S/C13H19N3O4S/c1-7(2)10(13(19)20)16(5)12(18)11-14-6-9(21-11)15(4)8(3)17/h6-7,10H,1-5H3,(H,19,20)/t10-/m0/s1. The van der Waals surface area contributed by atoms with E-state index < -0.39 is 17.9 Å². The lowest BCUT2D eigenvalue weighted by molar-refractivity contribution is -0.143. The normalized spacial score (nSPS) is 12.1. The molecule has 0 fully saturated rings. The van der Waals surface area contributed by atoms with Crippen LogP contribution >= 0.6 is 11.3 Å². The van der Waals surface area contributed by atoms with Gasteiger partial charge in [-0.15, -0.1) is 0 Å². The molecule has 0 aliphatic carbocycles. The largest absolute Gasteiger partial charge is 0.480 e. The van der Waals surface area contributed by atoms with Crippen LogP contribution in [0.25, 0.3) is 0 Å². The van der Waals surface area contributed by atoms with Crippen LogP contribution in [0.3, 0.4) is 0 Å². The number of hydrogen-bond acceptors (Lipinski definition) is 5. The number of carbonyl (C=O) groups excluding carboxylic acids is 2. The molecule has 1 N–H and O–H groups in total. The van der Waals surface area contributed by atoms with Crippen molar-refractivity contribution in [3.05, 3.63) is 11.2 Å². The molecule has 0 saturated heterocycles. The van der Waals surface area contributed by atoms with Crippen molar-refractivity contribution in [2.45, 2.75) is 26.8 Å². The van der Waals surface area contributed by atoms with E-state index in [0.29, 0.717) is 5.00 Å². The van der Waals surface area contributed by atoms with E-state index in [-0.39, 0.29) is 16.8 Å². The molecule has 1 aromatic rings. The van der Waals surface area contributed by atoms with Gasteiger partial charge in [0.25, 0.3) is 5.91 Å². The van der Waals surface area contributed by atoms with Crippen LogP contribution in [0.15, 0.2) is 6.20 Å². The minimum absolute atomic E-state index is 0.160. The fourth-order valence-corrected chi connectivity index (χ4v) is 2.76. The number of carboxylic acid groups (broad SMARTS) is 1. The Morgan fingerprint density at radius 3 is 2.29 bits per heavy atom. The lowest BCUT2D eigenvalue weighted by Crippen LogP contribution is -2.45. The minimum Gasteiger partial charge on any atom is -0.480 e. The van der Waals surface area contributed by atoms with E-state index in [9.17, 15) is 19.5 Å². The van der Waals surface area contributed by atoms with Gasteiger partial charge in [-0.3, -0.25) is 9.59 Å². The number of carboxylic acids is 1. The lowest BCUT2D eigenvalue weighted by atomic mass is 10.0. The number of aliphatic carboxylic acids is 1. The topological polar surface area (TPSA) is 90.8 Å². The molecule has 116 valence electrons. The summed E-state index contributed by atoms with van der Waals surface area (Å²) in [6, 6.07) is -0.921. The van der Waals surface area contributed by atoms with Gasteiger partial charge in [-0.25, -0.2) is 9.78 Å². The summed E-state index contributed by atoms with van der Waals surface area (Å²) >= 11 is 1.06. The van der Waals surface area contributed by atoms with Gasteiger partial charge in [0.2, 0.25) is 5.91 Å². The molecule has 1 heterocycles. The molecule has 8 heteroatoms. The zero-order chi connectivity index (χ0) is 16.3. The highest BCUT2D eigenvalue weighted by molar-refractivity contribution is 7.17. The summed E-state index contributed by atoms with van der Waals surface area (Å²) in [6.07, 6.45) is 1.43. The van der Waals surface area contributed by atoms with Crippen molar-refractivity contribution in [3.8, 4) is 0 Å². The molecule has 1 rings (SSSR count). The van der Waals surface area contributed by atoms with Crippen molar-refractivity contribution in [3.63, 3.8) is 0 Å². The highest BCUT2D eigenvalue weighted by Gasteiger charge is 2.31. The van der Waals surface area contributed by atoms with Crippen molar-refractivity contribution < 1.29 is 19.5 Å². The van der Waals surface area contributed by atoms with Crippen LogP contribution in [0, 0.1) is 5.92 Å². The van der Waals surface area contributed by atoms with Crippen molar-refractivity contribution in [2.24, 2.45) is 5.92 Å². The number of anilines is 1. The van der Waals surface area contributed by atoms with E-state index in [2.05, 4.69) is 4.98 Å². The molecular formula is C13H19N3O4S. The van der Waals surface area contributed by atoms with Gasteiger partial charge < -0.3 is 14.9 Å². The molecule has 0 aromatic carbocycles. The van der Waals surface area contributed by atoms with Gasteiger partial charge in [-0.05, 0) is 5.92 Å². The van der Waals surface area contributed by atoms with Gasteiger partial charge in [0, 0.05) is 21.0 Å². The maximum Gasteiger partial charge on any atom is 0.326 e. The van der Waals surface area contributed by atoms with Gasteiger partial charge >= 0.3 is 5.97 Å². The highest BCUT2D eigenvalue weighted by Crippen LogP contribution is 2.24. The van der Waals surface area contributed by atoms with Crippen LogP contribution < -0.4 is 4.90 Å². The fourth-order valence-electron chi connectivity index (χ4n) is 1.85. The average Bonchev–Trinajstić information content (AvgIpc) is 2.85. The number of amides is 2. The van der Waals surface area contributed by atoms with Crippen molar-refractivity contribution >= 4 is 34.1 Å². The van der Waals surface area contributed by atoms with E-state index >= 15 is 0 Å². The molecule has 2 amide bonds. The molecule has 0 aliphatic rings. The zero-order valence-corrected chi connectivity index (χ0v) is 13.5. The smallest absolute Gasteiger partial charge is 0.326 e. The third kappa shape index (κ3) is 3.78. The van der Waals surface area contributed by atoms with Gasteiger partial charge in [0.05, 0.1) is 6.20 Å². The van der Waals surface area contributed by atoms with Gasteiger partial charge in [0.15, 0.2) is 5.01 Å². The summed E-state index contributed by atoms with van der Waals surface area (Å²) in [5.41, 5.74) is 0. The predicted molar refractivity (Wildman–Crippen MR) is 79.6 cm³/mol. The maximum atomic E-state index is 12.3. The summed E-state index contributed by atoms with van der Waals surface area (Å²) < 4.78 is 0. The summed E-state index contributed by atoms with van der Waals surface area (Å²) in [5, 5.41) is 9.91. The molecule has 7 nitrogen and oxygen atoms in total. The van der Waals surface area contributed by atoms with E-state index in [1.807, 2.05) is 0 Å². The summed E-state index contributed by atoms with van der Waals surface area (Å²) in [5.74, 6) is -1.92. The molecule has 0 bridgehead atoms. The first-order valence-corrected chi connectivity index (χ1v) is 7.18. The molecule has 21 heavy (non-hydrogen) atoms. The van der Waals surface area contributed by atoms with Gasteiger partial charge in [0.1, 0.15) is 11.0 Å². The number of carbonyl (C=O) groups is 3. The average molecular weight is 313 g/mol. The molecule has 0 aliphatic heterocycles. The van der Waals surface area contributed by atoms with Crippen LogP contribution in [-0.4, -0.2) is 52.9 Å². The van der Waals surface area contributed by atoms with E-state index in [1.165, 1.54) is 30.0 Å². The number of likely N-dealkylation sites (N-methyl/N-ethyl adjacent to an activating group) is 1. The fraction of sp³-hybridized carbons (Fsp3) is 0.538. The van der Waals surface area contributed by atoms with Crippen LogP contribution in [0.1, 0.15) is 30.6 Å². The van der Waals surface area contributed by atoms with Crippen LogP contribution in [0.4, 0.5) is 5.00 Å². The molecule has 0 unspecified atom stereocenters. The SMILES string of the molecule is CC(=O)N(C)c1cnc(C(=O)N(C)[C@H](C(=O)O)C(C)C)s1. The first-order chi connectivity index (χ1) is 9.66. The summed E-state index contributed by atoms with van der Waals surface area (Å²) in [6.45, 7) is 4.88. The molecule has 0 spiro atoms. The highest BCUT2D eigenvalue weighted by atomic mass is 32.1. The molecule has 1 aromatic heterocycles. The minimum atomic E-state index is -1.06. The van der Waals surface area contributed by atoms with Crippen molar-refractivity contribution in [1.29, 1.82) is 0 Å². The second-order valence-electron chi connectivity index (χ2n) is 5.02. The second-order valence-corrected chi connectivity index (χ2v) is 6.03. The molecule has 0 saturated carbocycles. The number of hydrogen-bond donors (Lipinski definition) is 1. The summed E-state index contributed by atoms with van der Waals surface area (Å²) in [4.78, 5) is 41.4. The summed E-state index contributed by atoms with van der Waals surface area (Å²) in [7, 11) is 3.03. The third-order valence-corrected chi connectivity index (χ3v) is 4.16. The van der Waals surface area contributed by atoms with E-state index in [0.717, 1.165) is 11.3 Å². The molecule has 0 radical (unpaired) electrons. The maximum absolute atomic E-state index is 12.3. The quantitative estimate of drug-likeness (QED) is 0.885. The number of thiazole rings is 1. The Hall–Kier alpha value is -1.96.